The Morgan fingerprint density at radius 1 is 1.53 bits per heavy atom. The first-order valence-electron chi connectivity index (χ1n) is 6.13. The van der Waals surface area contributed by atoms with Crippen LogP contribution in [-0.2, 0) is 11.2 Å². The second-order valence-corrected chi connectivity index (χ2v) is 4.97. The number of rotatable bonds is 5. The van der Waals surface area contributed by atoms with Crippen LogP contribution in [0.1, 0.15) is 37.3 Å². The van der Waals surface area contributed by atoms with E-state index in [9.17, 15) is 4.79 Å². The van der Waals surface area contributed by atoms with Crippen molar-refractivity contribution in [2.45, 2.75) is 38.1 Å². The van der Waals surface area contributed by atoms with E-state index in [0.717, 1.165) is 13.0 Å². The number of nitrogens with one attached hydrogen (secondary N) is 1. The average Bonchev–Trinajstić information content (AvgIpc) is 2.29. The summed E-state index contributed by atoms with van der Waals surface area (Å²) in [7, 11) is 0. The molecule has 1 aliphatic carbocycles. The van der Waals surface area contributed by atoms with Gasteiger partial charge in [0, 0.05) is 12.5 Å². The molecule has 2 atom stereocenters. The first-order valence-corrected chi connectivity index (χ1v) is 6.13. The molecule has 1 aromatic rings. The number of carboxylic acid groups (broad SMARTS) is 1. The van der Waals surface area contributed by atoms with Crippen LogP contribution in [0.3, 0.4) is 0 Å². The standard InChI is InChI=1S/C14H19NO2/c1-3-14(2,13(16)17)15-9-11-8-10-6-4-5-7-12(10)11/h4-7,11,15H,3,8-9H2,1-2H3,(H,16,17). The summed E-state index contributed by atoms with van der Waals surface area (Å²) in [4.78, 5) is 11.2. The Morgan fingerprint density at radius 3 is 2.82 bits per heavy atom. The van der Waals surface area contributed by atoms with E-state index in [2.05, 4.69) is 23.5 Å². The maximum absolute atomic E-state index is 11.2. The summed E-state index contributed by atoms with van der Waals surface area (Å²) in [6, 6.07) is 8.37. The normalized spacial score (nSPS) is 21.2. The summed E-state index contributed by atoms with van der Waals surface area (Å²) < 4.78 is 0. The van der Waals surface area contributed by atoms with E-state index in [-0.39, 0.29) is 0 Å². The molecule has 92 valence electrons. The zero-order valence-corrected chi connectivity index (χ0v) is 10.4. The van der Waals surface area contributed by atoms with Gasteiger partial charge < -0.3 is 10.4 Å². The van der Waals surface area contributed by atoms with Crippen molar-refractivity contribution in [3.05, 3.63) is 35.4 Å². The fourth-order valence-electron chi connectivity index (χ4n) is 2.25. The van der Waals surface area contributed by atoms with Crippen molar-refractivity contribution in [2.24, 2.45) is 0 Å². The van der Waals surface area contributed by atoms with Gasteiger partial charge in [0.15, 0.2) is 0 Å². The Morgan fingerprint density at radius 2 is 2.24 bits per heavy atom. The van der Waals surface area contributed by atoms with E-state index >= 15 is 0 Å². The molecule has 1 aliphatic rings. The number of hydrogen-bond donors (Lipinski definition) is 2. The molecule has 0 fully saturated rings. The molecular formula is C14H19NO2. The van der Waals surface area contributed by atoms with Crippen molar-refractivity contribution in [1.29, 1.82) is 0 Å². The van der Waals surface area contributed by atoms with Gasteiger partial charge in [-0.15, -0.1) is 0 Å². The minimum absolute atomic E-state index is 0.469. The van der Waals surface area contributed by atoms with Crippen molar-refractivity contribution < 1.29 is 9.90 Å². The minimum Gasteiger partial charge on any atom is -0.480 e. The second kappa shape index (κ2) is 4.49. The largest absolute Gasteiger partial charge is 0.480 e. The highest BCUT2D eigenvalue weighted by Crippen LogP contribution is 2.34. The van der Waals surface area contributed by atoms with Crippen LogP contribution < -0.4 is 5.32 Å². The number of hydrogen-bond acceptors (Lipinski definition) is 2. The third kappa shape index (κ3) is 2.20. The van der Waals surface area contributed by atoms with Gasteiger partial charge in [0.05, 0.1) is 0 Å². The molecule has 0 radical (unpaired) electrons. The van der Waals surface area contributed by atoms with Crippen LogP contribution in [0.15, 0.2) is 24.3 Å². The van der Waals surface area contributed by atoms with Gasteiger partial charge in [0.1, 0.15) is 5.54 Å². The fourth-order valence-corrected chi connectivity index (χ4v) is 2.25. The molecule has 0 bridgehead atoms. The molecule has 0 saturated carbocycles. The molecule has 2 N–H and O–H groups in total. The number of carboxylic acids is 1. The summed E-state index contributed by atoms with van der Waals surface area (Å²) in [5, 5.41) is 12.4. The first-order chi connectivity index (χ1) is 8.07. The first kappa shape index (κ1) is 12.1. The molecule has 2 rings (SSSR count). The predicted octanol–water partition coefficient (Wildman–Crippen LogP) is 2.17. The molecule has 1 aromatic carbocycles. The van der Waals surface area contributed by atoms with E-state index in [0.29, 0.717) is 12.3 Å². The van der Waals surface area contributed by atoms with Gasteiger partial charge in [0.25, 0.3) is 0 Å². The van der Waals surface area contributed by atoms with Gasteiger partial charge in [-0.3, -0.25) is 4.79 Å². The summed E-state index contributed by atoms with van der Waals surface area (Å²) in [6.07, 6.45) is 1.65. The molecular weight excluding hydrogens is 214 g/mol. The van der Waals surface area contributed by atoms with Gasteiger partial charge in [-0.25, -0.2) is 0 Å². The van der Waals surface area contributed by atoms with E-state index in [1.54, 1.807) is 6.92 Å². The summed E-state index contributed by atoms with van der Waals surface area (Å²) >= 11 is 0. The van der Waals surface area contributed by atoms with Gasteiger partial charge in [-0.05, 0) is 30.9 Å². The van der Waals surface area contributed by atoms with Crippen LogP contribution in [0.4, 0.5) is 0 Å². The molecule has 0 saturated heterocycles. The summed E-state index contributed by atoms with van der Waals surface area (Å²) in [5.74, 6) is -0.302. The number of benzene rings is 1. The topological polar surface area (TPSA) is 49.3 Å². The second-order valence-electron chi connectivity index (χ2n) is 4.97. The lowest BCUT2D eigenvalue weighted by Gasteiger charge is -2.34. The number of aliphatic carboxylic acids is 1. The van der Waals surface area contributed by atoms with Crippen molar-refractivity contribution in [3.8, 4) is 0 Å². The molecule has 0 aromatic heterocycles. The Labute approximate surface area is 102 Å². The molecule has 0 amide bonds. The quantitative estimate of drug-likeness (QED) is 0.819. The zero-order valence-electron chi connectivity index (χ0n) is 10.4. The van der Waals surface area contributed by atoms with Crippen LogP contribution in [0.2, 0.25) is 0 Å². The van der Waals surface area contributed by atoms with E-state index in [1.165, 1.54) is 11.1 Å². The lowest BCUT2D eigenvalue weighted by atomic mass is 9.77. The van der Waals surface area contributed by atoms with Crippen LogP contribution in [0, 0.1) is 0 Å². The highest BCUT2D eigenvalue weighted by Gasteiger charge is 2.33. The van der Waals surface area contributed by atoms with Crippen molar-refractivity contribution in [2.75, 3.05) is 6.54 Å². The molecule has 3 heteroatoms. The Hall–Kier alpha value is -1.35. The van der Waals surface area contributed by atoms with Crippen molar-refractivity contribution in [3.63, 3.8) is 0 Å². The van der Waals surface area contributed by atoms with Crippen LogP contribution >= 0.6 is 0 Å². The summed E-state index contributed by atoms with van der Waals surface area (Å²) in [6.45, 7) is 4.39. The predicted molar refractivity (Wildman–Crippen MR) is 67.2 cm³/mol. The van der Waals surface area contributed by atoms with E-state index in [4.69, 9.17) is 5.11 Å². The molecule has 3 nitrogen and oxygen atoms in total. The molecule has 0 spiro atoms. The van der Waals surface area contributed by atoms with Crippen molar-refractivity contribution >= 4 is 5.97 Å². The van der Waals surface area contributed by atoms with Gasteiger partial charge >= 0.3 is 5.97 Å². The van der Waals surface area contributed by atoms with Crippen molar-refractivity contribution in [1.82, 2.24) is 5.32 Å². The monoisotopic (exact) mass is 233 g/mol. The maximum atomic E-state index is 11.2. The molecule has 17 heavy (non-hydrogen) atoms. The highest BCUT2D eigenvalue weighted by atomic mass is 16.4. The summed E-state index contributed by atoms with van der Waals surface area (Å²) in [5.41, 5.74) is 1.96. The van der Waals surface area contributed by atoms with Crippen LogP contribution in [-0.4, -0.2) is 23.2 Å². The Bertz CT molecular complexity index is 430. The highest BCUT2D eigenvalue weighted by molar-refractivity contribution is 5.78. The van der Waals surface area contributed by atoms with Gasteiger partial charge in [-0.1, -0.05) is 31.2 Å². The lowest BCUT2D eigenvalue weighted by molar-refractivity contribution is -0.144. The number of carbonyl (C=O) groups is 1. The van der Waals surface area contributed by atoms with Gasteiger partial charge in [0.2, 0.25) is 0 Å². The van der Waals surface area contributed by atoms with Crippen LogP contribution in [0.5, 0.6) is 0 Å². The number of fused-ring (bicyclic) bond motifs is 1. The minimum atomic E-state index is -0.801. The Kier molecular flexibility index (Phi) is 3.20. The zero-order chi connectivity index (χ0) is 12.5. The van der Waals surface area contributed by atoms with E-state index < -0.39 is 11.5 Å². The molecule has 2 unspecified atom stereocenters. The average molecular weight is 233 g/mol. The lowest BCUT2D eigenvalue weighted by Crippen LogP contribution is -2.51. The SMILES string of the molecule is CCC(C)(NCC1Cc2ccccc21)C(=O)O. The van der Waals surface area contributed by atoms with Crippen LogP contribution in [0.25, 0.3) is 0 Å². The molecule has 0 heterocycles. The Balaban J connectivity index is 1.95. The third-order valence-corrected chi connectivity index (χ3v) is 3.88. The fraction of sp³-hybridized carbons (Fsp3) is 0.500. The maximum Gasteiger partial charge on any atom is 0.323 e. The molecule has 0 aliphatic heterocycles. The van der Waals surface area contributed by atoms with E-state index in [1.807, 2.05) is 13.0 Å². The van der Waals surface area contributed by atoms with Gasteiger partial charge in [-0.2, -0.15) is 0 Å². The smallest absolute Gasteiger partial charge is 0.323 e. The third-order valence-electron chi connectivity index (χ3n) is 3.88.